The number of nitrogens with zero attached hydrogens (tertiary/aromatic N) is 4. The molecule has 1 rings (SSSR count). The Labute approximate surface area is 88.6 Å². The number of rotatable bonds is 5. The number of aliphatic carboxylic acids is 1. The van der Waals surface area contributed by atoms with E-state index in [1.54, 1.807) is 0 Å². The van der Waals surface area contributed by atoms with E-state index in [-0.39, 0.29) is 17.5 Å². The fourth-order valence-corrected chi connectivity index (χ4v) is 1.31. The first-order chi connectivity index (χ1) is 7.13. The predicted molar refractivity (Wildman–Crippen MR) is 48.2 cm³/mol. The molecule has 0 spiro atoms. The maximum atomic E-state index is 10.9. The molecule has 0 aromatic carbocycles. The van der Waals surface area contributed by atoms with Crippen molar-refractivity contribution in [3.63, 3.8) is 0 Å². The fraction of sp³-hybridized carbons (Fsp3) is 0.500. The van der Waals surface area contributed by atoms with E-state index >= 15 is 0 Å². The van der Waals surface area contributed by atoms with Crippen LogP contribution in [-0.4, -0.2) is 50.1 Å². The fourth-order valence-electron chi connectivity index (χ4n) is 0.712. The van der Waals surface area contributed by atoms with Gasteiger partial charge in [0.2, 0.25) is 5.16 Å². The van der Waals surface area contributed by atoms with Crippen LogP contribution in [0.15, 0.2) is 5.16 Å². The Morgan fingerprint density at radius 1 is 1.60 bits per heavy atom. The molecule has 0 saturated heterocycles. The lowest BCUT2D eigenvalue weighted by molar-refractivity contribution is -0.141. The molecule has 0 fully saturated rings. The lowest BCUT2D eigenvalue weighted by Crippen LogP contribution is -2.14. The molecule has 8 nitrogen and oxygen atoms in total. The largest absolute Gasteiger partial charge is 0.481 e. The molecule has 0 saturated carbocycles. The van der Waals surface area contributed by atoms with Crippen LogP contribution in [-0.2, 0) is 20.9 Å². The van der Waals surface area contributed by atoms with Crippen LogP contribution < -0.4 is 0 Å². The average Bonchev–Trinajstić information content (AvgIpc) is 2.62. The van der Waals surface area contributed by atoms with Gasteiger partial charge in [0.1, 0.15) is 6.54 Å². The monoisotopic (exact) mass is 232 g/mol. The Hall–Kier alpha value is -1.64. The van der Waals surface area contributed by atoms with Crippen molar-refractivity contribution in [2.75, 3.05) is 12.9 Å². The van der Waals surface area contributed by atoms with Crippen molar-refractivity contribution in [2.24, 2.45) is 0 Å². The standard InChI is InChI=1S/C6H8N4O4S/c1-14-5(13)2-10-6(7-8-9-10)15-3-4(11)12/h2-3H2,1H3,(H,11,12). The minimum Gasteiger partial charge on any atom is -0.481 e. The first kappa shape index (κ1) is 11.4. The summed E-state index contributed by atoms with van der Waals surface area (Å²) in [7, 11) is 1.25. The second-order valence-corrected chi connectivity index (χ2v) is 3.32. The van der Waals surface area contributed by atoms with Gasteiger partial charge in [-0.15, -0.1) is 5.10 Å². The van der Waals surface area contributed by atoms with E-state index < -0.39 is 11.9 Å². The number of hydrogen-bond acceptors (Lipinski definition) is 7. The maximum Gasteiger partial charge on any atom is 0.327 e. The minimum atomic E-state index is -0.979. The zero-order valence-corrected chi connectivity index (χ0v) is 8.60. The van der Waals surface area contributed by atoms with Gasteiger partial charge in [0.15, 0.2) is 0 Å². The normalized spacial score (nSPS) is 9.93. The Kier molecular flexibility index (Phi) is 4.03. The van der Waals surface area contributed by atoms with Gasteiger partial charge in [0, 0.05) is 0 Å². The molecule has 0 aliphatic rings. The van der Waals surface area contributed by atoms with E-state index in [1.807, 2.05) is 0 Å². The third-order valence-corrected chi connectivity index (χ3v) is 2.27. The number of carboxylic acids is 1. The first-order valence-electron chi connectivity index (χ1n) is 3.81. The van der Waals surface area contributed by atoms with Crippen LogP contribution in [0, 0.1) is 0 Å². The van der Waals surface area contributed by atoms with Crippen molar-refractivity contribution < 1.29 is 19.4 Å². The van der Waals surface area contributed by atoms with E-state index in [4.69, 9.17) is 5.11 Å². The van der Waals surface area contributed by atoms with E-state index in [0.29, 0.717) is 0 Å². The van der Waals surface area contributed by atoms with Gasteiger partial charge in [-0.05, 0) is 10.4 Å². The van der Waals surface area contributed by atoms with Crippen molar-refractivity contribution in [1.82, 2.24) is 20.2 Å². The number of thioether (sulfide) groups is 1. The molecule has 0 bridgehead atoms. The number of carbonyl (C=O) groups excluding carboxylic acids is 1. The molecular weight excluding hydrogens is 224 g/mol. The summed E-state index contributed by atoms with van der Waals surface area (Å²) >= 11 is 0.934. The number of hydrogen-bond donors (Lipinski definition) is 1. The van der Waals surface area contributed by atoms with Crippen LogP contribution in [0.5, 0.6) is 0 Å². The molecule has 0 radical (unpaired) electrons. The summed E-state index contributed by atoms with van der Waals surface area (Å²) in [5, 5.41) is 19.1. The van der Waals surface area contributed by atoms with Crippen molar-refractivity contribution in [1.29, 1.82) is 0 Å². The van der Waals surface area contributed by atoms with E-state index in [2.05, 4.69) is 20.3 Å². The van der Waals surface area contributed by atoms with Gasteiger partial charge in [0.25, 0.3) is 0 Å². The van der Waals surface area contributed by atoms with Crippen LogP contribution in [0.4, 0.5) is 0 Å². The zero-order valence-electron chi connectivity index (χ0n) is 7.78. The molecule has 0 unspecified atom stereocenters. The topological polar surface area (TPSA) is 107 Å². The van der Waals surface area contributed by atoms with Gasteiger partial charge in [-0.25, -0.2) is 4.68 Å². The van der Waals surface area contributed by atoms with Crippen LogP contribution in [0.2, 0.25) is 0 Å². The number of methoxy groups -OCH3 is 1. The highest BCUT2D eigenvalue weighted by atomic mass is 32.2. The minimum absolute atomic E-state index is 0.133. The van der Waals surface area contributed by atoms with Gasteiger partial charge in [-0.3, -0.25) is 9.59 Å². The molecule has 1 N–H and O–H groups in total. The number of esters is 1. The van der Waals surface area contributed by atoms with E-state index in [1.165, 1.54) is 11.8 Å². The van der Waals surface area contributed by atoms with E-state index in [9.17, 15) is 9.59 Å². The second kappa shape index (κ2) is 5.29. The Bertz CT molecular complexity index is 366. The molecule has 0 aliphatic heterocycles. The summed E-state index contributed by atoms with van der Waals surface area (Å²) in [5.74, 6) is -1.64. The molecule has 0 aliphatic carbocycles. The summed E-state index contributed by atoms with van der Waals surface area (Å²) in [5.41, 5.74) is 0. The molecule has 1 aromatic heterocycles. The van der Waals surface area contributed by atoms with Gasteiger partial charge in [-0.1, -0.05) is 11.8 Å². The molecule has 1 aromatic rings. The molecule has 1 heterocycles. The predicted octanol–water partition coefficient (Wildman–Crippen LogP) is -0.977. The number of tetrazole rings is 1. The summed E-state index contributed by atoms with van der Waals surface area (Å²) in [6.45, 7) is -0.133. The first-order valence-corrected chi connectivity index (χ1v) is 4.79. The van der Waals surface area contributed by atoms with Crippen molar-refractivity contribution in [3.8, 4) is 0 Å². The number of carboxylic acid groups (broad SMARTS) is 1. The Morgan fingerprint density at radius 3 is 2.93 bits per heavy atom. The van der Waals surface area contributed by atoms with Crippen LogP contribution >= 0.6 is 11.8 Å². The van der Waals surface area contributed by atoms with Gasteiger partial charge in [-0.2, -0.15) is 0 Å². The van der Waals surface area contributed by atoms with Gasteiger partial charge < -0.3 is 9.84 Å². The Balaban J connectivity index is 2.60. The van der Waals surface area contributed by atoms with Crippen LogP contribution in [0.25, 0.3) is 0 Å². The number of aromatic nitrogens is 4. The quantitative estimate of drug-likeness (QED) is 0.510. The smallest absolute Gasteiger partial charge is 0.327 e. The molecule has 0 atom stereocenters. The third kappa shape index (κ3) is 3.54. The lowest BCUT2D eigenvalue weighted by Gasteiger charge is -2.00. The van der Waals surface area contributed by atoms with Gasteiger partial charge in [0.05, 0.1) is 12.9 Å². The summed E-state index contributed by atoms with van der Waals surface area (Å²) in [6, 6.07) is 0. The van der Waals surface area contributed by atoms with Crippen molar-refractivity contribution in [3.05, 3.63) is 0 Å². The Morgan fingerprint density at radius 2 is 2.33 bits per heavy atom. The van der Waals surface area contributed by atoms with Crippen molar-refractivity contribution in [2.45, 2.75) is 11.7 Å². The molecule has 15 heavy (non-hydrogen) atoms. The number of carbonyl (C=O) groups is 2. The lowest BCUT2D eigenvalue weighted by atomic mass is 10.7. The van der Waals surface area contributed by atoms with Crippen LogP contribution in [0.3, 0.4) is 0 Å². The summed E-state index contributed by atoms with van der Waals surface area (Å²) < 4.78 is 5.60. The summed E-state index contributed by atoms with van der Waals surface area (Å²) in [6.07, 6.45) is 0. The molecule has 82 valence electrons. The second-order valence-electron chi connectivity index (χ2n) is 2.38. The highest BCUT2D eigenvalue weighted by Gasteiger charge is 2.12. The highest BCUT2D eigenvalue weighted by Crippen LogP contribution is 2.12. The average molecular weight is 232 g/mol. The highest BCUT2D eigenvalue weighted by molar-refractivity contribution is 7.99. The summed E-state index contributed by atoms with van der Waals surface area (Å²) in [4.78, 5) is 21.2. The molecule has 0 amide bonds. The maximum absolute atomic E-state index is 10.9. The van der Waals surface area contributed by atoms with Crippen molar-refractivity contribution >= 4 is 23.7 Å². The number of ether oxygens (including phenoxy) is 1. The zero-order chi connectivity index (χ0) is 11.3. The molecular formula is C6H8N4O4S. The van der Waals surface area contributed by atoms with E-state index in [0.717, 1.165) is 11.8 Å². The SMILES string of the molecule is COC(=O)Cn1nnnc1SCC(=O)O. The van der Waals surface area contributed by atoms with Crippen LogP contribution in [0.1, 0.15) is 0 Å². The molecule has 9 heteroatoms. The third-order valence-electron chi connectivity index (χ3n) is 1.33. The van der Waals surface area contributed by atoms with Gasteiger partial charge >= 0.3 is 11.9 Å².